The maximum Gasteiger partial charge on any atom is 0.227 e. The SMILES string of the molecule is Nc1ccc(OCCC(=O)Nc2cc(Br)ccc2Br)cc1. The van der Waals surface area contributed by atoms with Crippen LogP contribution in [0.2, 0.25) is 0 Å². The second kappa shape index (κ2) is 7.47. The fourth-order valence-corrected chi connectivity index (χ4v) is 2.34. The molecule has 0 heterocycles. The molecule has 0 fully saturated rings. The second-order valence-corrected chi connectivity index (χ2v) is 6.11. The number of ether oxygens (including phenoxy) is 1. The molecular formula is C15H14Br2N2O2. The van der Waals surface area contributed by atoms with Crippen molar-refractivity contribution in [3.63, 3.8) is 0 Å². The molecule has 0 aliphatic carbocycles. The summed E-state index contributed by atoms with van der Waals surface area (Å²) in [6.45, 7) is 0.307. The van der Waals surface area contributed by atoms with Crippen LogP contribution in [0.1, 0.15) is 6.42 Å². The topological polar surface area (TPSA) is 64.3 Å². The number of hydrogen-bond donors (Lipinski definition) is 2. The first-order valence-electron chi connectivity index (χ1n) is 6.28. The number of halogens is 2. The van der Waals surface area contributed by atoms with Gasteiger partial charge in [0.25, 0.3) is 0 Å². The zero-order valence-corrected chi connectivity index (χ0v) is 14.3. The summed E-state index contributed by atoms with van der Waals surface area (Å²) >= 11 is 6.76. The Morgan fingerprint density at radius 1 is 1.14 bits per heavy atom. The molecule has 0 saturated heterocycles. The molecule has 1 amide bonds. The minimum atomic E-state index is -0.107. The van der Waals surface area contributed by atoms with Crippen molar-refractivity contribution in [1.82, 2.24) is 0 Å². The summed E-state index contributed by atoms with van der Waals surface area (Å²) in [5.74, 6) is 0.588. The van der Waals surface area contributed by atoms with Crippen molar-refractivity contribution < 1.29 is 9.53 Å². The fourth-order valence-electron chi connectivity index (χ4n) is 1.63. The molecule has 0 aliphatic heterocycles. The van der Waals surface area contributed by atoms with E-state index in [-0.39, 0.29) is 12.3 Å². The number of carbonyl (C=O) groups excluding carboxylic acids is 1. The lowest BCUT2D eigenvalue weighted by Crippen LogP contribution is -2.15. The van der Waals surface area contributed by atoms with E-state index in [2.05, 4.69) is 37.2 Å². The molecule has 2 rings (SSSR count). The standard InChI is InChI=1S/C15H14Br2N2O2/c16-10-1-6-13(17)14(9-10)19-15(20)7-8-21-12-4-2-11(18)3-5-12/h1-6,9H,7-8,18H2,(H,19,20). The van der Waals surface area contributed by atoms with Crippen LogP contribution in [-0.2, 0) is 4.79 Å². The lowest BCUT2D eigenvalue weighted by molar-refractivity contribution is -0.116. The van der Waals surface area contributed by atoms with Gasteiger partial charge >= 0.3 is 0 Å². The van der Waals surface area contributed by atoms with Gasteiger partial charge in [-0.15, -0.1) is 0 Å². The Balaban J connectivity index is 1.82. The number of anilines is 2. The first kappa shape index (κ1) is 15.9. The minimum absolute atomic E-state index is 0.107. The lowest BCUT2D eigenvalue weighted by Gasteiger charge is -2.09. The number of nitrogens with two attached hydrogens (primary N) is 1. The Kier molecular flexibility index (Phi) is 5.64. The molecule has 6 heteroatoms. The van der Waals surface area contributed by atoms with Crippen molar-refractivity contribution >= 4 is 49.1 Å². The highest BCUT2D eigenvalue weighted by atomic mass is 79.9. The van der Waals surface area contributed by atoms with Gasteiger partial charge in [0.1, 0.15) is 5.75 Å². The predicted molar refractivity (Wildman–Crippen MR) is 91.4 cm³/mol. The van der Waals surface area contributed by atoms with Gasteiger partial charge in [0.15, 0.2) is 0 Å². The Morgan fingerprint density at radius 3 is 2.57 bits per heavy atom. The average Bonchev–Trinajstić information content (AvgIpc) is 2.45. The molecular weight excluding hydrogens is 400 g/mol. The molecule has 0 aliphatic rings. The predicted octanol–water partition coefficient (Wildman–Crippen LogP) is 4.20. The summed E-state index contributed by atoms with van der Waals surface area (Å²) in [6.07, 6.45) is 0.267. The molecule has 0 radical (unpaired) electrons. The quantitative estimate of drug-likeness (QED) is 0.722. The highest BCUT2D eigenvalue weighted by Crippen LogP contribution is 2.26. The van der Waals surface area contributed by atoms with E-state index in [0.717, 1.165) is 14.6 Å². The van der Waals surface area contributed by atoms with Crippen LogP contribution in [0.4, 0.5) is 11.4 Å². The first-order valence-corrected chi connectivity index (χ1v) is 7.86. The van der Waals surface area contributed by atoms with Crippen LogP contribution in [0.5, 0.6) is 5.75 Å². The van der Waals surface area contributed by atoms with Crippen LogP contribution in [0.3, 0.4) is 0 Å². The van der Waals surface area contributed by atoms with Crippen molar-refractivity contribution in [2.45, 2.75) is 6.42 Å². The molecule has 0 saturated carbocycles. The summed E-state index contributed by atoms with van der Waals surface area (Å²) in [4.78, 5) is 11.9. The number of carbonyl (C=O) groups is 1. The number of hydrogen-bond acceptors (Lipinski definition) is 3. The van der Waals surface area contributed by atoms with Gasteiger partial charge < -0.3 is 15.8 Å². The molecule has 0 spiro atoms. The van der Waals surface area contributed by atoms with Crippen molar-refractivity contribution in [1.29, 1.82) is 0 Å². The number of rotatable bonds is 5. The minimum Gasteiger partial charge on any atom is -0.493 e. The van der Waals surface area contributed by atoms with Gasteiger partial charge in [-0.25, -0.2) is 0 Å². The van der Waals surface area contributed by atoms with E-state index in [9.17, 15) is 4.79 Å². The second-order valence-electron chi connectivity index (χ2n) is 4.34. The van der Waals surface area contributed by atoms with Crippen LogP contribution < -0.4 is 15.8 Å². The molecule has 2 aromatic carbocycles. The van der Waals surface area contributed by atoms with E-state index in [0.29, 0.717) is 18.0 Å². The zero-order chi connectivity index (χ0) is 15.2. The van der Waals surface area contributed by atoms with Gasteiger partial charge in [0, 0.05) is 14.6 Å². The van der Waals surface area contributed by atoms with Gasteiger partial charge in [-0.05, 0) is 58.4 Å². The van der Waals surface area contributed by atoms with E-state index in [1.807, 2.05) is 18.2 Å². The van der Waals surface area contributed by atoms with Gasteiger partial charge in [0.2, 0.25) is 5.91 Å². The van der Waals surface area contributed by atoms with E-state index in [1.165, 1.54) is 0 Å². The molecule has 4 nitrogen and oxygen atoms in total. The Bertz CT molecular complexity index is 630. The molecule has 0 unspecified atom stereocenters. The van der Waals surface area contributed by atoms with Crippen LogP contribution in [0.25, 0.3) is 0 Å². The van der Waals surface area contributed by atoms with E-state index >= 15 is 0 Å². The number of amides is 1. The third kappa shape index (κ3) is 5.06. The van der Waals surface area contributed by atoms with Gasteiger partial charge in [-0.3, -0.25) is 4.79 Å². The van der Waals surface area contributed by atoms with Gasteiger partial charge in [0.05, 0.1) is 18.7 Å². The number of nitrogen functional groups attached to an aromatic ring is 1. The summed E-state index contributed by atoms with van der Waals surface area (Å²) in [5, 5.41) is 2.83. The van der Waals surface area contributed by atoms with Crippen molar-refractivity contribution in [3.05, 3.63) is 51.4 Å². The maximum absolute atomic E-state index is 11.9. The Hall–Kier alpha value is -1.53. The maximum atomic E-state index is 11.9. The molecule has 0 atom stereocenters. The monoisotopic (exact) mass is 412 g/mol. The number of nitrogens with one attached hydrogen (secondary N) is 1. The van der Waals surface area contributed by atoms with Crippen LogP contribution >= 0.6 is 31.9 Å². The van der Waals surface area contributed by atoms with Crippen LogP contribution in [-0.4, -0.2) is 12.5 Å². The molecule has 3 N–H and O–H groups in total. The van der Waals surface area contributed by atoms with Crippen LogP contribution in [0.15, 0.2) is 51.4 Å². The normalized spacial score (nSPS) is 10.2. The summed E-state index contributed by atoms with van der Waals surface area (Å²) in [7, 11) is 0. The molecule has 2 aromatic rings. The Labute approximate surface area is 139 Å². The van der Waals surface area contributed by atoms with Gasteiger partial charge in [-0.1, -0.05) is 15.9 Å². The van der Waals surface area contributed by atoms with Crippen LogP contribution in [0, 0.1) is 0 Å². The third-order valence-electron chi connectivity index (χ3n) is 2.68. The molecule has 0 aromatic heterocycles. The van der Waals surface area contributed by atoms with E-state index < -0.39 is 0 Å². The van der Waals surface area contributed by atoms with Gasteiger partial charge in [-0.2, -0.15) is 0 Å². The highest BCUT2D eigenvalue weighted by Gasteiger charge is 2.06. The smallest absolute Gasteiger partial charge is 0.227 e. The van der Waals surface area contributed by atoms with Crippen molar-refractivity contribution in [2.24, 2.45) is 0 Å². The lowest BCUT2D eigenvalue weighted by atomic mass is 10.3. The average molecular weight is 414 g/mol. The Morgan fingerprint density at radius 2 is 1.86 bits per heavy atom. The van der Waals surface area contributed by atoms with Crippen molar-refractivity contribution in [2.75, 3.05) is 17.7 Å². The third-order valence-corrected chi connectivity index (χ3v) is 3.87. The zero-order valence-electron chi connectivity index (χ0n) is 11.1. The fraction of sp³-hybridized carbons (Fsp3) is 0.133. The highest BCUT2D eigenvalue weighted by molar-refractivity contribution is 9.11. The number of benzene rings is 2. The summed E-state index contributed by atoms with van der Waals surface area (Å²) < 4.78 is 7.22. The van der Waals surface area contributed by atoms with E-state index in [4.69, 9.17) is 10.5 Å². The molecule has 21 heavy (non-hydrogen) atoms. The molecule has 0 bridgehead atoms. The summed E-state index contributed by atoms with van der Waals surface area (Å²) in [6, 6.07) is 12.7. The largest absolute Gasteiger partial charge is 0.493 e. The van der Waals surface area contributed by atoms with Crippen molar-refractivity contribution in [3.8, 4) is 5.75 Å². The summed E-state index contributed by atoms with van der Waals surface area (Å²) in [5.41, 5.74) is 6.99. The first-order chi connectivity index (χ1) is 10.0. The molecule has 110 valence electrons. The van der Waals surface area contributed by atoms with E-state index in [1.54, 1.807) is 24.3 Å².